The average molecular weight is 511 g/mol. The second kappa shape index (κ2) is 8.82. The highest BCUT2D eigenvalue weighted by Crippen LogP contribution is 2.17. The van der Waals surface area contributed by atoms with E-state index in [0.717, 1.165) is 15.6 Å². The van der Waals surface area contributed by atoms with Crippen LogP contribution in [0.2, 0.25) is 5.02 Å². The number of carbonyl (C=O) groups excluding carboxylic acids is 1. The quantitative estimate of drug-likeness (QED) is 0.376. The van der Waals surface area contributed by atoms with Gasteiger partial charge in [-0.1, -0.05) is 51.8 Å². The lowest BCUT2D eigenvalue weighted by atomic mass is 10.1. The third-order valence-electron chi connectivity index (χ3n) is 3.78. The first-order valence-corrected chi connectivity index (χ1v) is 9.97. The predicted octanol–water partition coefficient (Wildman–Crippen LogP) is 5.26. The van der Waals surface area contributed by atoms with Gasteiger partial charge in [0.2, 0.25) is 0 Å². The Balaban J connectivity index is 1.69. The zero-order valence-corrected chi connectivity index (χ0v) is 18.2. The van der Waals surface area contributed by atoms with Gasteiger partial charge in [-0.3, -0.25) is 9.48 Å². The van der Waals surface area contributed by atoms with Gasteiger partial charge in [-0.05, 0) is 58.2 Å². The van der Waals surface area contributed by atoms with Gasteiger partial charge in [0, 0.05) is 15.7 Å². The van der Waals surface area contributed by atoms with Crippen LogP contribution in [0.25, 0.3) is 0 Å². The van der Waals surface area contributed by atoms with Crippen LogP contribution in [0, 0.1) is 0 Å². The summed E-state index contributed by atoms with van der Waals surface area (Å²) in [5, 5.41) is 9.18. The molecule has 0 aliphatic rings. The second-order valence-electron chi connectivity index (χ2n) is 5.79. The first kappa shape index (κ1) is 19.8. The lowest BCUT2D eigenvalue weighted by Gasteiger charge is -2.03. The first-order chi connectivity index (χ1) is 12.9. The molecule has 1 N–H and O–H groups in total. The summed E-state index contributed by atoms with van der Waals surface area (Å²) in [6.45, 7) is 2.36. The minimum absolute atomic E-state index is 0.274. The van der Waals surface area contributed by atoms with Gasteiger partial charge in [-0.15, -0.1) is 0 Å². The maximum Gasteiger partial charge on any atom is 0.293 e. The normalized spacial score (nSPS) is 11.5. The molecule has 1 amide bonds. The van der Waals surface area contributed by atoms with E-state index in [4.69, 9.17) is 11.6 Å². The molecule has 1 aromatic heterocycles. The van der Waals surface area contributed by atoms with E-state index in [1.807, 2.05) is 55.5 Å². The monoisotopic (exact) mass is 508 g/mol. The molecule has 0 saturated heterocycles. The summed E-state index contributed by atoms with van der Waals surface area (Å²) in [5.74, 6) is -0.381. The van der Waals surface area contributed by atoms with Crippen LogP contribution >= 0.6 is 43.5 Å². The average Bonchev–Trinajstić information content (AvgIpc) is 3.02. The van der Waals surface area contributed by atoms with Gasteiger partial charge >= 0.3 is 0 Å². The van der Waals surface area contributed by atoms with Gasteiger partial charge in [0.15, 0.2) is 5.69 Å². The van der Waals surface area contributed by atoms with Crippen LogP contribution < -0.4 is 5.43 Å². The van der Waals surface area contributed by atoms with E-state index in [2.05, 4.69) is 47.5 Å². The Hall–Kier alpha value is -1.96. The molecule has 3 aromatic rings. The summed E-state index contributed by atoms with van der Waals surface area (Å²) in [6.07, 6.45) is 1.76. The molecule has 27 heavy (non-hydrogen) atoms. The molecule has 3 rings (SSSR count). The van der Waals surface area contributed by atoms with Gasteiger partial charge in [-0.25, -0.2) is 5.43 Å². The number of rotatable bonds is 5. The van der Waals surface area contributed by atoms with Gasteiger partial charge in [0.05, 0.1) is 16.7 Å². The van der Waals surface area contributed by atoms with E-state index in [1.165, 1.54) is 0 Å². The molecule has 0 fully saturated rings. The number of nitrogens with zero attached hydrogens (tertiary/aromatic N) is 3. The van der Waals surface area contributed by atoms with Crippen molar-refractivity contribution in [1.29, 1.82) is 0 Å². The molecule has 0 aliphatic carbocycles. The Morgan fingerprint density at radius 1 is 1.15 bits per heavy atom. The molecule has 0 saturated carbocycles. The fourth-order valence-electron chi connectivity index (χ4n) is 2.35. The van der Waals surface area contributed by atoms with Crippen molar-refractivity contribution in [2.24, 2.45) is 5.10 Å². The number of hydrogen-bond acceptors (Lipinski definition) is 3. The van der Waals surface area contributed by atoms with Crippen LogP contribution in [0.15, 0.2) is 68.8 Å². The van der Waals surface area contributed by atoms with Crippen molar-refractivity contribution in [1.82, 2.24) is 15.2 Å². The Kier molecular flexibility index (Phi) is 6.46. The summed E-state index contributed by atoms with van der Waals surface area (Å²) >= 11 is 12.7. The minimum Gasteiger partial charge on any atom is -0.266 e. The molecule has 2 aromatic carbocycles. The smallest absolute Gasteiger partial charge is 0.266 e. The largest absolute Gasteiger partial charge is 0.293 e. The standard InChI is InChI=1S/C19H15Br2ClN4O/c1-12(14-4-6-15(20)7-5-14)23-24-19(27)18-17(21)11-26(25-18)10-13-2-8-16(22)9-3-13/h2-9,11H,10H2,1H3,(H,24,27)/b23-12+. The van der Waals surface area contributed by atoms with Crippen LogP contribution in [0.5, 0.6) is 0 Å². The van der Waals surface area contributed by atoms with Crippen LogP contribution in [0.1, 0.15) is 28.5 Å². The van der Waals surface area contributed by atoms with E-state index in [-0.39, 0.29) is 11.6 Å². The van der Waals surface area contributed by atoms with Crippen molar-refractivity contribution in [3.63, 3.8) is 0 Å². The van der Waals surface area contributed by atoms with Crippen molar-refractivity contribution < 1.29 is 4.79 Å². The summed E-state index contributed by atoms with van der Waals surface area (Å²) in [5.41, 5.74) is 5.48. The number of amides is 1. The predicted molar refractivity (Wildman–Crippen MR) is 114 cm³/mol. The van der Waals surface area contributed by atoms with Crippen molar-refractivity contribution in [2.45, 2.75) is 13.5 Å². The Bertz CT molecular complexity index is 982. The zero-order chi connectivity index (χ0) is 19.4. The van der Waals surface area contributed by atoms with E-state index in [0.29, 0.717) is 21.8 Å². The summed E-state index contributed by atoms with van der Waals surface area (Å²) in [6, 6.07) is 15.2. The summed E-state index contributed by atoms with van der Waals surface area (Å²) in [7, 11) is 0. The molecular formula is C19H15Br2ClN4O. The number of benzene rings is 2. The van der Waals surface area contributed by atoms with Crippen molar-refractivity contribution in [3.05, 3.63) is 85.5 Å². The molecule has 1 heterocycles. The minimum atomic E-state index is -0.381. The highest BCUT2D eigenvalue weighted by Gasteiger charge is 2.15. The molecule has 0 unspecified atom stereocenters. The second-order valence-corrected chi connectivity index (χ2v) is 8.00. The highest BCUT2D eigenvalue weighted by atomic mass is 79.9. The number of hydrazone groups is 1. The van der Waals surface area contributed by atoms with Crippen molar-refractivity contribution >= 4 is 55.1 Å². The third kappa shape index (κ3) is 5.28. The summed E-state index contributed by atoms with van der Waals surface area (Å²) in [4.78, 5) is 12.4. The molecular weight excluding hydrogens is 495 g/mol. The van der Waals surface area contributed by atoms with E-state index in [9.17, 15) is 4.79 Å². The molecule has 0 aliphatic heterocycles. The topological polar surface area (TPSA) is 59.3 Å². The van der Waals surface area contributed by atoms with Gasteiger partial charge < -0.3 is 0 Å². The van der Waals surface area contributed by atoms with Crippen LogP contribution in [-0.2, 0) is 6.54 Å². The van der Waals surface area contributed by atoms with Gasteiger partial charge in [0.25, 0.3) is 5.91 Å². The Morgan fingerprint density at radius 2 is 1.81 bits per heavy atom. The number of halogens is 3. The Labute approximate surface area is 178 Å². The zero-order valence-electron chi connectivity index (χ0n) is 14.3. The maximum absolute atomic E-state index is 12.4. The molecule has 0 bridgehead atoms. The van der Waals surface area contributed by atoms with Crippen LogP contribution in [-0.4, -0.2) is 21.4 Å². The molecule has 0 spiro atoms. The third-order valence-corrected chi connectivity index (χ3v) is 5.14. The SMILES string of the molecule is C/C(=N\NC(=O)c1nn(Cc2ccc(Cl)cc2)cc1Br)c1ccc(Br)cc1. The van der Waals surface area contributed by atoms with Crippen molar-refractivity contribution in [2.75, 3.05) is 0 Å². The highest BCUT2D eigenvalue weighted by molar-refractivity contribution is 9.10. The fraction of sp³-hybridized carbons (Fsp3) is 0.105. The molecule has 0 atom stereocenters. The number of carbonyl (C=O) groups is 1. The van der Waals surface area contributed by atoms with Crippen LogP contribution in [0.3, 0.4) is 0 Å². The lowest BCUT2D eigenvalue weighted by molar-refractivity contribution is 0.0948. The van der Waals surface area contributed by atoms with Crippen LogP contribution in [0.4, 0.5) is 0 Å². The molecule has 0 radical (unpaired) electrons. The molecule has 5 nitrogen and oxygen atoms in total. The molecule has 138 valence electrons. The van der Waals surface area contributed by atoms with E-state index < -0.39 is 0 Å². The fourth-order valence-corrected chi connectivity index (χ4v) is 3.24. The first-order valence-electron chi connectivity index (χ1n) is 8.00. The Morgan fingerprint density at radius 3 is 2.48 bits per heavy atom. The summed E-state index contributed by atoms with van der Waals surface area (Å²) < 4.78 is 3.27. The lowest BCUT2D eigenvalue weighted by Crippen LogP contribution is -2.20. The van der Waals surface area contributed by atoms with Gasteiger partial charge in [-0.2, -0.15) is 10.2 Å². The number of hydrogen-bond donors (Lipinski definition) is 1. The maximum atomic E-state index is 12.4. The van der Waals surface area contributed by atoms with E-state index in [1.54, 1.807) is 10.9 Å². The molecule has 8 heteroatoms. The van der Waals surface area contributed by atoms with Gasteiger partial charge in [0.1, 0.15) is 0 Å². The number of nitrogens with one attached hydrogen (secondary N) is 1. The number of aromatic nitrogens is 2. The van der Waals surface area contributed by atoms with E-state index >= 15 is 0 Å². The van der Waals surface area contributed by atoms with Crippen molar-refractivity contribution in [3.8, 4) is 0 Å².